The van der Waals surface area contributed by atoms with Crippen LogP contribution in [-0.2, 0) is 6.42 Å². The van der Waals surface area contributed by atoms with Gasteiger partial charge in [-0.05, 0) is 54.1 Å². The molecule has 1 N–H and O–H groups in total. The predicted octanol–water partition coefficient (Wildman–Crippen LogP) is 3.81. The van der Waals surface area contributed by atoms with Crippen molar-refractivity contribution in [2.75, 3.05) is 6.26 Å². The molecule has 0 fully saturated rings. The molecular weight excluding hydrogens is 268 g/mol. The van der Waals surface area contributed by atoms with Crippen LogP contribution in [0.2, 0.25) is 0 Å². The Balaban J connectivity index is 1.86. The summed E-state index contributed by atoms with van der Waals surface area (Å²) in [5.41, 5.74) is 3.04. The lowest BCUT2D eigenvalue weighted by molar-refractivity contribution is 0.220. The fourth-order valence-electron chi connectivity index (χ4n) is 2.59. The fraction of sp³-hybridized carbons (Fsp3) is 0.294. The van der Waals surface area contributed by atoms with E-state index in [1.807, 2.05) is 42.7 Å². The van der Waals surface area contributed by atoms with Crippen LogP contribution in [0.4, 0.5) is 0 Å². The minimum atomic E-state index is -0.577. The third kappa shape index (κ3) is 2.56. The number of benzene rings is 2. The first-order chi connectivity index (χ1) is 9.67. The van der Waals surface area contributed by atoms with Gasteiger partial charge in [0, 0.05) is 11.3 Å². The maximum Gasteiger partial charge on any atom is 0.123 e. The molecule has 2 aromatic carbocycles. The summed E-state index contributed by atoms with van der Waals surface area (Å²) < 4.78 is 5.69. The van der Waals surface area contributed by atoms with E-state index in [2.05, 4.69) is 13.0 Å². The second kappa shape index (κ2) is 5.51. The number of hydrogen-bond donors (Lipinski definition) is 1. The molecule has 3 rings (SSSR count). The van der Waals surface area contributed by atoms with Crippen molar-refractivity contribution in [3.8, 4) is 5.75 Å². The highest BCUT2D eigenvalue weighted by molar-refractivity contribution is 7.98. The van der Waals surface area contributed by atoms with Gasteiger partial charge in [-0.3, -0.25) is 0 Å². The Labute approximate surface area is 123 Å². The predicted molar refractivity (Wildman–Crippen MR) is 82.5 cm³/mol. The molecule has 1 aliphatic heterocycles. The summed E-state index contributed by atoms with van der Waals surface area (Å²) in [6.45, 7) is 2.07. The highest BCUT2D eigenvalue weighted by atomic mass is 32.2. The van der Waals surface area contributed by atoms with Crippen LogP contribution in [0.15, 0.2) is 47.4 Å². The van der Waals surface area contributed by atoms with E-state index in [1.165, 1.54) is 10.5 Å². The van der Waals surface area contributed by atoms with E-state index in [0.29, 0.717) is 0 Å². The van der Waals surface area contributed by atoms with Gasteiger partial charge in [0.15, 0.2) is 0 Å². The van der Waals surface area contributed by atoms with Gasteiger partial charge < -0.3 is 9.84 Å². The zero-order valence-electron chi connectivity index (χ0n) is 11.7. The van der Waals surface area contributed by atoms with E-state index in [1.54, 1.807) is 11.8 Å². The number of hydrogen-bond acceptors (Lipinski definition) is 3. The number of ether oxygens (including phenoxy) is 1. The zero-order valence-corrected chi connectivity index (χ0v) is 12.5. The first-order valence-electron chi connectivity index (χ1n) is 6.79. The lowest BCUT2D eigenvalue weighted by atomic mass is 9.98. The number of fused-ring (bicyclic) bond motifs is 1. The Morgan fingerprint density at radius 3 is 2.55 bits per heavy atom. The highest BCUT2D eigenvalue weighted by Crippen LogP contribution is 2.33. The average molecular weight is 286 g/mol. The summed E-state index contributed by atoms with van der Waals surface area (Å²) in [4.78, 5) is 1.21. The molecule has 104 valence electrons. The third-order valence-corrected chi connectivity index (χ3v) is 4.41. The van der Waals surface area contributed by atoms with Crippen LogP contribution >= 0.6 is 11.8 Å². The van der Waals surface area contributed by atoms with Crippen LogP contribution in [-0.4, -0.2) is 17.5 Å². The molecule has 20 heavy (non-hydrogen) atoms. The average Bonchev–Trinajstić information content (AvgIpc) is 2.85. The smallest absolute Gasteiger partial charge is 0.123 e. The minimum absolute atomic E-state index is 0.234. The molecule has 0 spiro atoms. The molecule has 0 aliphatic carbocycles. The van der Waals surface area contributed by atoms with E-state index in [9.17, 15) is 5.11 Å². The first kappa shape index (κ1) is 13.5. The van der Waals surface area contributed by atoms with Crippen molar-refractivity contribution in [3.63, 3.8) is 0 Å². The Hall–Kier alpha value is -1.45. The van der Waals surface area contributed by atoms with Crippen LogP contribution < -0.4 is 4.74 Å². The molecule has 0 radical (unpaired) electrons. The lowest BCUT2D eigenvalue weighted by Gasteiger charge is -2.13. The van der Waals surface area contributed by atoms with Gasteiger partial charge in [-0.25, -0.2) is 0 Å². The van der Waals surface area contributed by atoms with Crippen molar-refractivity contribution in [1.29, 1.82) is 0 Å². The maximum absolute atomic E-state index is 10.5. The van der Waals surface area contributed by atoms with Crippen molar-refractivity contribution >= 4 is 11.8 Å². The van der Waals surface area contributed by atoms with Gasteiger partial charge in [0.05, 0.1) is 0 Å². The first-order valence-corrected chi connectivity index (χ1v) is 8.01. The van der Waals surface area contributed by atoms with Gasteiger partial charge in [0.1, 0.15) is 18.0 Å². The number of aliphatic hydroxyl groups excluding tert-OH is 1. The Bertz CT molecular complexity index is 607. The van der Waals surface area contributed by atoms with Crippen molar-refractivity contribution in [3.05, 3.63) is 59.2 Å². The van der Waals surface area contributed by atoms with E-state index in [-0.39, 0.29) is 6.10 Å². The molecule has 0 saturated carbocycles. The minimum Gasteiger partial charge on any atom is -0.490 e. The van der Waals surface area contributed by atoms with Crippen LogP contribution in [0.5, 0.6) is 5.75 Å². The Morgan fingerprint density at radius 1 is 1.15 bits per heavy atom. The molecule has 2 nitrogen and oxygen atoms in total. The van der Waals surface area contributed by atoms with Gasteiger partial charge in [0.2, 0.25) is 0 Å². The molecule has 3 heteroatoms. The van der Waals surface area contributed by atoms with E-state index in [4.69, 9.17) is 4.74 Å². The third-order valence-electron chi connectivity index (χ3n) is 3.67. The summed E-state index contributed by atoms with van der Waals surface area (Å²) >= 11 is 1.70. The van der Waals surface area contributed by atoms with Crippen molar-refractivity contribution in [2.24, 2.45) is 0 Å². The summed E-state index contributed by atoms with van der Waals surface area (Å²) in [5, 5.41) is 10.5. The molecule has 0 amide bonds. The van der Waals surface area contributed by atoms with Gasteiger partial charge in [-0.2, -0.15) is 0 Å². The zero-order chi connectivity index (χ0) is 14.1. The van der Waals surface area contributed by atoms with Gasteiger partial charge in [-0.15, -0.1) is 11.8 Å². The largest absolute Gasteiger partial charge is 0.490 e. The summed E-state index contributed by atoms with van der Waals surface area (Å²) in [6, 6.07) is 14.0. The topological polar surface area (TPSA) is 29.5 Å². The number of aliphatic hydroxyl groups is 1. The summed E-state index contributed by atoms with van der Waals surface area (Å²) in [6.07, 6.45) is 2.62. The quantitative estimate of drug-likeness (QED) is 0.870. The Morgan fingerprint density at radius 2 is 1.85 bits per heavy atom. The van der Waals surface area contributed by atoms with E-state index >= 15 is 0 Å². The van der Waals surface area contributed by atoms with Crippen molar-refractivity contribution in [2.45, 2.75) is 30.4 Å². The van der Waals surface area contributed by atoms with E-state index < -0.39 is 6.10 Å². The molecular formula is C17H18O2S. The van der Waals surface area contributed by atoms with Gasteiger partial charge >= 0.3 is 0 Å². The van der Waals surface area contributed by atoms with Crippen LogP contribution in [0, 0.1) is 0 Å². The SMILES string of the molecule is CSc1ccc(C(O)c2ccc3c(c2)CC(C)O3)cc1. The second-order valence-corrected chi connectivity index (χ2v) is 6.06. The lowest BCUT2D eigenvalue weighted by Crippen LogP contribution is -2.05. The summed E-state index contributed by atoms with van der Waals surface area (Å²) in [5.74, 6) is 0.950. The van der Waals surface area contributed by atoms with Crippen LogP contribution in [0.1, 0.15) is 29.7 Å². The normalized spacial score (nSPS) is 18.4. The number of thioether (sulfide) groups is 1. The molecule has 2 aromatic rings. The molecule has 0 saturated heterocycles. The van der Waals surface area contributed by atoms with Gasteiger partial charge in [-0.1, -0.05) is 18.2 Å². The van der Waals surface area contributed by atoms with Crippen LogP contribution in [0.25, 0.3) is 0 Å². The molecule has 1 heterocycles. The molecule has 2 atom stereocenters. The standard InChI is InChI=1S/C17H18O2S/c1-11-9-14-10-13(5-8-16(14)19-11)17(18)12-3-6-15(20-2)7-4-12/h3-8,10-11,17-18H,9H2,1-2H3. The van der Waals surface area contributed by atoms with Crippen LogP contribution in [0.3, 0.4) is 0 Å². The van der Waals surface area contributed by atoms with E-state index in [0.717, 1.165) is 23.3 Å². The molecule has 0 aromatic heterocycles. The van der Waals surface area contributed by atoms with Crippen molar-refractivity contribution in [1.82, 2.24) is 0 Å². The van der Waals surface area contributed by atoms with Gasteiger partial charge in [0.25, 0.3) is 0 Å². The number of rotatable bonds is 3. The molecule has 2 unspecified atom stereocenters. The monoisotopic (exact) mass is 286 g/mol. The van der Waals surface area contributed by atoms with Crippen molar-refractivity contribution < 1.29 is 9.84 Å². The maximum atomic E-state index is 10.5. The fourth-order valence-corrected chi connectivity index (χ4v) is 3.00. The summed E-state index contributed by atoms with van der Waals surface area (Å²) in [7, 11) is 0. The molecule has 0 bridgehead atoms. The Kier molecular flexibility index (Phi) is 3.72. The second-order valence-electron chi connectivity index (χ2n) is 5.18. The highest BCUT2D eigenvalue weighted by Gasteiger charge is 2.20. The molecule has 1 aliphatic rings.